The molecule has 13 heavy (non-hydrogen) atoms. The minimum absolute atomic E-state index is 0.0400. The molecule has 0 aromatic carbocycles. The molecule has 0 amide bonds. The standard InChI is InChI=1S/C9H16O4/c1-4-5-6-7(8(10)11-5)13-9(2,3)12-6/h5-8,10H,4H2,1-3H3/t5-,6-,7-,8-/m0/s1. The molecule has 0 unspecified atom stereocenters. The second kappa shape index (κ2) is 2.92. The first-order valence-corrected chi connectivity index (χ1v) is 4.72. The summed E-state index contributed by atoms with van der Waals surface area (Å²) in [6.45, 7) is 5.71. The predicted octanol–water partition coefficient (Wildman–Crippen LogP) is 0.634. The highest BCUT2D eigenvalue weighted by Gasteiger charge is 2.54. The second-order valence-electron chi connectivity index (χ2n) is 4.04. The van der Waals surface area contributed by atoms with Crippen molar-refractivity contribution in [3.8, 4) is 0 Å². The molecule has 0 spiro atoms. The molecule has 0 aromatic rings. The van der Waals surface area contributed by atoms with Gasteiger partial charge in [-0.15, -0.1) is 0 Å². The molecule has 2 fully saturated rings. The van der Waals surface area contributed by atoms with Crippen molar-refractivity contribution >= 4 is 0 Å². The maximum Gasteiger partial charge on any atom is 0.184 e. The SMILES string of the molecule is CC[C@@H]1O[C@H](O)[C@H]2OC(C)(C)O[C@H]21. The van der Waals surface area contributed by atoms with E-state index >= 15 is 0 Å². The largest absolute Gasteiger partial charge is 0.366 e. The zero-order valence-corrected chi connectivity index (χ0v) is 8.19. The summed E-state index contributed by atoms with van der Waals surface area (Å²) in [6, 6.07) is 0. The topological polar surface area (TPSA) is 47.9 Å². The zero-order valence-electron chi connectivity index (χ0n) is 8.19. The fourth-order valence-electron chi connectivity index (χ4n) is 1.99. The van der Waals surface area contributed by atoms with E-state index in [2.05, 4.69) is 0 Å². The molecule has 2 aliphatic rings. The molecular weight excluding hydrogens is 172 g/mol. The van der Waals surface area contributed by atoms with Gasteiger partial charge in [-0.2, -0.15) is 0 Å². The predicted molar refractivity (Wildman–Crippen MR) is 45.0 cm³/mol. The Labute approximate surface area is 77.8 Å². The number of aliphatic hydroxyl groups excluding tert-OH is 1. The molecule has 4 atom stereocenters. The molecule has 0 bridgehead atoms. The van der Waals surface area contributed by atoms with Crippen molar-refractivity contribution < 1.29 is 19.3 Å². The van der Waals surface area contributed by atoms with E-state index in [-0.39, 0.29) is 18.3 Å². The van der Waals surface area contributed by atoms with Crippen LogP contribution in [0.15, 0.2) is 0 Å². The maximum atomic E-state index is 9.51. The van der Waals surface area contributed by atoms with Crippen molar-refractivity contribution in [3.05, 3.63) is 0 Å². The van der Waals surface area contributed by atoms with Gasteiger partial charge in [-0.05, 0) is 20.3 Å². The first kappa shape index (κ1) is 9.40. The van der Waals surface area contributed by atoms with Crippen LogP contribution in [0.25, 0.3) is 0 Å². The third kappa shape index (κ3) is 1.48. The van der Waals surface area contributed by atoms with Crippen LogP contribution in [-0.4, -0.2) is 35.5 Å². The summed E-state index contributed by atoms with van der Waals surface area (Å²) in [5.41, 5.74) is 0. The first-order chi connectivity index (χ1) is 6.03. The Morgan fingerprint density at radius 2 is 1.85 bits per heavy atom. The van der Waals surface area contributed by atoms with Gasteiger partial charge in [0.25, 0.3) is 0 Å². The third-order valence-corrected chi connectivity index (χ3v) is 2.53. The fraction of sp³-hybridized carbons (Fsp3) is 1.00. The highest BCUT2D eigenvalue weighted by molar-refractivity contribution is 4.93. The van der Waals surface area contributed by atoms with Crippen molar-refractivity contribution in [2.75, 3.05) is 0 Å². The molecule has 2 rings (SSSR count). The zero-order chi connectivity index (χ0) is 9.64. The summed E-state index contributed by atoms with van der Waals surface area (Å²) < 4.78 is 16.4. The third-order valence-electron chi connectivity index (χ3n) is 2.53. The van der Waals surface area contributed by atoms with Gasteiger partial charge in [0, 0.05) is 0 Å². The summed E-state index contributed by atoms with van der Waals surface area (Å²) in [5.74, 6) is -0.590. The normalized spacial score (nSPS) is 48.0. The molecule has 4 nitrogen and oxygen atoms in total. The number of hydrogen-bond donors (Lipinski definition) is 1. The van der Waals surface area contributed by atoms with E-state index in [0.717, 1.165) is 6.42 Å². The number of hydrogen-bond acceptors (Lipinski definition) is 4. The Morgan fingerprint density at radius 3 is 2.46 bits per heavy atom. The van der Waals surface area contributed by atoms with E-state index in [1.54, 1.807) is 0 Å². The van der Waals surface area contributed by atoms with Crippen molar-refractivity contribution in [3.63, 3.8) is 0 Å². The maximum absolute atomic E-state index is 9.51. The molecule has 1 N–H and O–H groups in total. The minimum atomic E-state index is -0.836. The van der Waals surface area contributed by atoms with Crippen LogP contribution >= 0.6 is 0 Å². The van der Waals surface area contributed by atoms with Crippen LogP contribution in [0.2, 0.25) is 0 Å². The van der Waals surface area contributed by atoms with E-state index < -0.39 is 12.1 Å². The number of aliphatic hydroxyl groups is 1. The number of ether oxygens (including phenoxy) is 3. The number of rotatable bonds is 1. The van der Waals surface area contributed by atoms with E-state index in [9.17, 15) is 5.11 Å². The highest BCUT2D eigenvalue weighted by Crippen LogP contribution is 2.38. The van der Waals surface area contributed by atoms with Crippen LogP contribution in [0.1, 0.15) is 27.2 Å². The molecule has 4 heteroatoms. The summed E-state index contributed by atoms with van der Waals surface area (Å²) in [4.78, 5) is 0. The molecule has 2 saturated heterocycles. The van der Waals surface area contributed by atoms with Crippen molar-refractivity contribution in [2.45, 2.75) is 57.6 Å². The van der Waals surface area contributed by atoms with Crippen LogP contribution in [0.3, 0.4) is 0 Å². The molecule has 2 aliphatic heterocycles. The van der Waals surface area contributed by atoms with Crippen LogP contribution in [0.5, 0.6) is 0 Å². The first-order valence-electron chi connectivity index (χ1n) is 4.72. The van der Waals surface area contributed by atoms with Crippen LogP contribution in [0, 0.1) is 0 Å². The van der Waals surface area contributed by atoms with E-state index in [1.165, 1.54) is 0 Å². The van der Waals surface area contributed by atoms with Crippen LogP contribution in [0.4, 0.5) is 0 Å². The van der Waals surface area contributed by atoms with Crippen molar-refractivity contribution in [1.29, 1.82) is 0 Å². The lowest BCUT2D eigenvalue weighted by Gasteiger charge is -2.21. The van der Waals surface area contributed by atoms with Gasteiger partial charge < -0.3 is 19.3 Å². The monoisotopic (exact) mass is 188 g/mol. The van der Waals surface area contributed by atoms with Crippen LogP contribution < -0.4 is 0 Å². The van der Waals surface area contributed by atoms with Crippen LogP contribution in [-0.2, 0) is 14.2 Å². The lowest BCUT2D eigenvalue weighted by Crippen LogP contribution is -2.29. The van der Waals surface area contributed by atoms with Gasteiger partial charge in [-0.1, -0.05) is 6.92 Å². The van der Waals surface area contributed by atoms with Crippen molar-refractivity contribution in [1.82, 2.24) is 0 Å². The average Bonchev–Trinajstić information content (AvgIpc) is 2.47. The van der Waals surface area contributed by atoms with Gasteiger partial charge in [-0.25, -0.2) is 0 Å². The Hall–Kier alpha value is -0.160. The quantitative estimate of drug-likeness (QED) is 0.655. The Morgan fingerprint density at radius 1 is 1.23 bits per heavy atom. The average molecular weight is 188 g/mol. The lowest BCUT2D eigenvalue weighted by atomic mass is 10.1. The highest BCUT2D eigenvalue weighted by atomic mass is 16.8. The van der Waals surface area contributed by atoms with E-state index in [4.69, 9.17) is 14.2 Å². The second-order valence-corrected chi connectivity index (χ2v) is 4.04. The lowest BCUT2D eigenvalue weighted by molar-refractivity contribution is -0.220. The van der Waals surface area contributed by atoms with Gasteiger partial charge in [0.2, 0.25) is 0 Å². The van der Waals surface area contributed by atoms with E-state index in [0.29, 0.717) is 0 Å². The Kier molecular flexibility index (Phi) is 2.11. The molecule has 0 radical (unpaired) electrons. The summed E-state index contributed by atoms with van der Waals surface area (Å²) in [7, 11) is 0. The molecule has 0 aromatic heterocycles. The van der Waals surface area contributed by atoms with Gasteiger partial charge in [0.1, 0.15) is 12.2 Å². The molecule has 76 valence electrons. The summed E-state index contributed by atoms with van der Waals surface area (Å²) >= 11 is 0. The minimum Gasteiger partial charge on any atom is -0.366 e. The van der Waals surface area contributed by atoms with E-state index in [1.807, 2.05) is 20.8 Å². The molecule has 0 aliphatic carbocycles. The molecule has 0 saturated carbocycles. The number of fused-ring (bicyclic) bond motifs is 1. The Balaban J connectivity index is 2.12. The van der Waals surface area contributed by atoms with Gasteiger partial charge in [0.05, 0.1) is 6.10 Å². The van der Waals surface area contributed by atoms with Gasteiger partial charge in [-0.3, -0.25) is 0 Å². The van der Waals surface area contributed by atoms with Crippen molar-refractivity contribution in [2.24, 2.45) is 0 Å². The smallest absolute Gasteiger partial charge is 0.184 e. The Bertz CT molecular complexity index is 204. The molecular formula is C9H16O4. The summed E-state index contributed by atoms with van der Waals surface area (Å²) in [6.07, 6.45) is -0.481. The molecule has 2 heterocycles. The fourth-order valence-corrected chi connectivity index (χ4v) is 1.99. The van der Waals surface area contributed by atoms with Gasteiger partial charge >= 0.3 is 0 Å². The van der Waals surface area contributed by atoms with Gasteiger partial charge in [0.15, 0.2) is 12.1 Å². The summed E-state index contributed by atoms with van der Waals surface area (Å²) in [5, 5.41) is 9.51.